The number of hydrogen-bond acceptors (Lipinski definition) is 2. The maximum atomic E-state index is 12.7. The van der Waals surface area contributed by atoms with Gasteiger partial charge in [-0.25, -0.2) is 0 Å². The highest BCUT2D eigenvalue weighted by Crippen LogP contribution is 2.32. The first-order valence-electron chi connectivity index (χ1n) is 7.88. The van der Waals surface area contributed by atoms with Crippen LogP contribution in [0.1, 0.15) is 50.6 Å². The van der Waals surface area contributed by atoms with Crippen LogP contribution in [0.2, 0.25) is 0 Å². The molecule has 3 atom stereocenters. The standard InChI is InChI=1S/C17H24N2O/c1-2-13-7-6-10-15(11-13)19-12-18-16(17(19)20)14-8-4-3-5-9-14/h3-5,8-9,13,15-16,18H,2,6-7,10-12H2,1H3. The van der Waals surface area contributed by atoms with Gasteiger partial charge in [0.05, 0.1) is 6.67 Å². The van der Waals surface area contributed by atoms with E-state index in [1.54, 1.807) is 0 Å². The van der Waals surface area contributed by atoms with Crippen molar-refractivity contribution in [2.45, 2.75) is 51.1 Å². The lowest BCUT2D eigenvalue weighted by atomic mass is 9.83. The molecule has 3 heteroatoms. The minimum atomic E-state index is -0.141. The smallest absolute Gasteiger partial charge is 0.245 e. The summed E-state index contributed by atoms with van der Waals surface area (Å²) in [6, 6.07) is 10.4. The largest absolute Gasteiger partial charge is 0.325 e. The second-order valence-electron chi connectivity index (χ2n) is 6.11. The molecular formula is C17H24N2O. The summed E-state index contributed by atoms with van der Waals surface area (Å²) in [5, 5.41) is 3.38. The summed E-state index contributed by atoms with van der Waals surface area (Å²) in [6.07, 6.45) is 6.21. The number of amides is 1. The van der Waals surface area contributed by atoms with Crippen molar-refractivity contribution in [1.82, 2.24) is 10.2 Å². The van der Waals surface area contributed by atoms with E-state index in [0.29, 0.717) is 12.7 Å². The van der Waals surface area contributed by atoms with Crippen LogP contribution >= 0.6 is 0 Å². The first kappa shape index (κ1) is 13.6. The predicted molar refractivity (Wildman–Crippen MR) is 80.1 cm³/mol. The van der Waals surface area contributed by atoms with Gasteiger partial charge in [-0.1, -0.05) is 56.5 Å². The third kappa shape index (κ3) is 2.59. The molecule has 3 nitrogen and oxygen atoms in total. The van der Waals surface area contributed by atoms with Crippen LogP contribution in [0.15, 0.2) is 30.3 Å². The van der Waals surface area contributed by atoms with Gasteiger partial charge in [-0.2, -0.15) is 0 Å². The fourth-order valence-corrected chi connectivity index (χ4v) is 3.65. The summed E-state index contributed by atoms with van der Waals surface area (Å²) >= 11 is 0. The van der Waals surface area contributed by atoms with Gasteiger partial charge >= 0.3 is 0 Å². The Morgan fingerprint density at radius 1 is 1.25 bits per heavy atom. The van der Waals surface area contributed by atoms with Gasteiger partial charge in [0.15, 0.2) is 0 Å². The van der Waals surface area contributed by atoms with Gasteiger partial charge in [-0.15, -0.1) is 0 Å². The molecule has 1 aliphatic carbocycles. The Hall–Kier alpha value is -1.35. The molecule has 2 fully saturated rings. The van der Waals surface area contributed by atoms with Crippen LogP contribution in [0.3, 0.4) is 0 Å². The van der Waals surface area contributed by atoms with E-state index in [4.69, 9.17) is 0 Å². The molecule has 1 aliphatic heterocycles. The molecule has 1 saturated heterocycles. The summed E-state index contributed by atoms with van der Waals surface area (Å²) in [4.78, 5) is 14.7. The first-order valence-corrected chi connectivity index (χ1v) is 7.88. The van der Waals surface area contributed by atoms with Crippen molar-refractivity contribution in [2.24, 2.45) is 5.92 Å². The molecule has 3 rings (SSSR count). The lowest BCUT2D eigenvalue weighted by Gasteiger charge is -2.34. The maximum absolute atomic E-state index is 12.7. The van der Waals surface area contributed by atoms with E-state index in [9.17, 15) is 4.79 Å². The Balaban J connectivity index is 1.69. The van der Waals surface area contributed by atoms with E-state index in [-0.39, 0.29) is 11.9 Å². The number of benzene rings is 1. The topological polar surface area (TPSA) is 32.3 Å². The summed E-state index contributed by atoms with van der Waals surface area (Å²) in [5.74, 6) is 1.07. The highest BCUT2D eigenvalue weighted by Gasteiger charge is 2.37. The molecule has 0 bridgehead atoms. The van der Waals surface area contributed by atoms with E-state index < -0.39 is 0 Å². The quantitative estimate of drug-likeness (QED) is 0.917. The van der Waals surface area contributed by atoms with Gasteiger partial charge in [0.2, 0.25) is 5.91 Å². The highest BCUT2D eigenvalue weighted by molar-refractivity contribution is 5.85. The minimum Gasteiger partial charge on any atom is -0.325 e. The predicted octanol–water partition coefficient (Wildman–Crippen LogP) is 3.09. The van der Waals surface area contributed by atoms with Gasteiger partial charge in [-0.3, -0.25) is 10.1 Å². The van der Waals surface area contributed by atoms with Gasteiger partial charge in [0.1, 0.15) is 6.04 Å². The van der Waals surface area contributed by atoms with Crippen molar-refractivity contribution in [3.05, 3.63) is 35.9 Å². The molecular weight excluding hydrogens is 248 g/mol. The SMILES string of the molecule is CCC1CCCC(N2CNC(c3ccccc3)C2=O)C1. The average Bonchev–Trinajstić information content (AvgIpc) is 2.90. The second kappa shape index (κ2) is 5.96. The normalized spacial score (nSPS) is 30.8. The van der Waals surface area contributed by atoms with Crippen LogP contribution in [0.25, 0.3) is 0 Å². The Morgan fingerprint density at radius 3 is 2.80 bits per heavy atom. The maximum Gasteiger partial charge on any atom is 0.245 e. The Bertz CT molecular complexity index is 459. The molecule has 1 heterocycles. The molecule has 20 heavy (non-hydrogen) atoms. The molecule has 1 aromatic rings. The highest BCUT2D eigenvalue weighted by atomic mass is 16.2. The van der Waals surface area contributed by atoms with E-state index in [2.05, 4.69) is 17.1 Å². The van der Waals surface area contributed by atoms with Crippen molar-refractivity contribution in [3.63, 3.8) is 0 Å². The molecule has 1 amide bonds. The van der Waals surface area contributed by atoms with Gasteiger partial charge in [0, 0.05) is 6.04 Å². The molecule has 0 spiro atoms. The van der Waals surface area contributed by atoms with Crippen LogP contribution in [-0.2, 0) is 4.79 Å². The van der Waals surface area contributed by atoms with Crippen molar-refractivity contribution in [2.75, 3.05) is 6.67 Å². The van der Waals surface area contributed by atoms with Gasteiger partial charge in [0.25, 0.3) is 0 Å². The lowest BCUT2D eigenvalue weighted by molar-refractivity contribution is -0.131. The van der Waals surface area contributed by atoms with E-state index in [1.807, 2.05) is 30.3 Å². The fourth-order valence-electron chi connectivity index (χ4n) is 3.65. The number of nitrogens with zero attached hydrogens (tertiary/aromatic N) is 1. The molecule has 0 aromatic heterocycles. The zero-order valence-corrected chi connectivity index (χ0v) is 12.2. The zero-order valence-electron chi connectivity index (χ0n) is 12.2. The molecule has 3 unspecified atom stereocenters. The third-order valence-corrected chi connectivity index (χ3v) is 4.90. The fraction of sp³-hybridized carbons (Fsp3) is 0.588. The number of hydrogen-bond donors (Lipinski definition) is 1. The summed E-state index contributed by atoms with van der Waals surface area (Å²) in [7, 11) is 0. The Morgan fingerprint density at radius 2 is 2.05 bits per heavy atom. The van der Waals surface area contributed by atoms with Crippen LogP contribution in [0.5, 0.6) is 0 Å². The number of nitrogens with one attached hydrogen (secondary N) is 1. The van der Waals surface area contributed by atoms with Crippen LogP contribution in [0, 0.1) is 5.92 Å². The zero-order chi connectivity index (χ0) is 13.9. The van der Waals surface area contributed by atoms with E-state index in [1.165, 1.54) is 32.1 Å². The van der Waals surface area contributed by atoms with Crippen LogP contribution < -0.4 is 5.32 Å². The van der Waals surface area contributed by atoms with Gasteiger partial charge < -0.3 is 4.90 Å². The van der Waals surface area contributed by atoms with Crippen molar-refractivity contribution >= 4 is 5.91 Å². The molecule has 0 radical (unpaired) electrons. The molecule has 1 aromatic carbocycles. The minimum absolute atomic E-state index is 0.141. The van der Waals surface area contributed by atoms with Crippen LogP contribution in [-0.4, -0.2) is 23.5 Å². The molecule has 108 valence electrons. The van der Waals surface area contributed by atoms with E-state index >= 15 is 0 Å². The number of carbonyl (C=O) groups excluding carboxylic acids is 1. The van der Waals surface area contributed by atoms with Gasteiger partial charge in [-0.05, 0) is 24.3 Å². The lowest BCUT2D eigenvalue weighted by Crippen LogP contribution is -2.40. The molecule has 2 aliphatic rings. The van der Waals surface area contributed by atoms with Crippen molar-refractivity contribution < 1.29 is 4.79 Å². The third-order valence-electron chi connectivity index (χ3n) is 4.90. The summed E-state index contributed by atoms with van der Waals surface area (Å²) in [5.41, 5.74) is 1.09. The monoisotopic (exact) mass is 272 g/mol. The second-order valence-corrected chi connectivity index (χ2v) is 6.11. The van der Waals surface area contributed by atoms with E-state index in [0.717, 1.165) is 11.5 Å². The number of carbonyl (C=O) groups is 1. The number of rotatable bonds is 3. The van der Waals surface area contributed by atoms with Crippen molar-refractivity contribution in [1.29, 1.82) is 0 Å². The molecule has 1 N–H and O–H groups in total. The molecule has 1 saturated carbocycles. The van der Waals surface area contributed by atoms with Crippen LogP contribution in [0.4, 0.5) is 0 Å². The van der Waals surface area contributed by atoms with Crippen molar-refractivity contribution in [3.8, 4) is 0 Å². The summed E-state index contributed by atoms with van der Waals surface area (Å²) < 4.78 is 0. The first-order chi connectivity index (χ1) is 9.79. The Labute approximate surface area is 121 Å². The average molecular weight is 272 g/mol. The summed E-state index contributed by atoms with van der Waals surface area (Å²) in [6.45, 7) is 2.98. The Kier molecular flexibility index (Phi) is 4.06.